The molecule has 164 valence electrons. The number of rotatable bonds is 9. The molecule has 0 unspecified atom stereocenters. The predicted octanol–water partition coefficient (Wildman–Crippen LogP) is 4.73. The Kier molecular flexibility index (Phi) is 7.16. The van der Waals surface area contributed by atoms with Crippen LogP contribution < -0.4 is 4.74 Å². The summed E-state index contributed by atoms with van der Waals surface area (Å²) in [5.41, 5.74) is 2.77. The molecule has 3 rings (SSSR count). The monoisotopic (exact) mass is 420 g/mol. The summed E-state index contributed by atoms with van der Waals surface area (Å²) in [5, 5.41) is 0. The van der Waals surface area contributed by atoms with Crippen LogP contribution in [0.15, 0.2) is 60.3 Å². The third-order valence-electron chi connectivity index (χ3n) is 5.25. The van der Waals surface area contributed by atoms with Gasteiger partial charge >= 0.3 is 0 Å². The molecule has 0 fully saturated rings. The third-order valence-corrected chi connectivity index (χ3v) is 5.25. The largest absolute Gasteiger partial charge is 0.493 e. The zero-order valence-electron chi connectivity index (χ0n) is 19.1. The minimum absolute atomic E-state index is 0.212. The molecule has 0 saturated carbocycles. The highest BCUT2D eigenvalue weighted by atomic mass is 16.5. The second-order valence-electron chi connectivity index (χ2n) is 8.53. The van der Waals surface area contributed by atoms with Gasteiger partial charge in [-0.1, -0.05) is 56.3 Å². The maximum Gasteiger partial charge on any atom is 0.278 e. The summed E-state index contributed by atoms with van der Waals surface area (Å²) in [5.74, 6) is 0.720. The van der Waals surface area contributed by atoms with Crippen LogP contribution in [0.3, 0.4) is 0 Å². The van der Waals surface area contributed by atoms with Crippen LogP contribution in [-0.4, -0.2) is 40.8 Å². The summed E-state index contributed by atoms with van der Waals surface area (Å²) in [6, 6.07) is 17.3. The molecule has 1 aliphatic rings. The third kappa shape index (κ3) is 4.98. The summed E-state index contributed by atoms with van der Waals surface area (Å²) >= 11 is 0. The molecule has 0 bridgehead atoms. The number of hydrogen-bond acceptors (Lipinski definition) is 4. The Labute approximate surface area is 185 Å². The maximum atomic E-state index is 13.4. The van der Waals surface area contributed by atoms with Gasteiger partial charge in [0, 0.05) is 19.1 Å². The Balaban J connectivity index is 2.01. The molecule has 31 heavy (non-hydrogen) atoms. The highest BCUT2D eigenvalue weighted by Gasteiger charge is 2.42. The van der Waals surface area contributed by atoms with Crippen molar-refractivity contribution < 1.29 is 14.3 Å². The SMILES string of the molecule is CCN(Cc1ccccc1)C1=C(c2ccc(OCC(C)C)cc2)C(=O)N(C(C)C)C1=O. The molecule has 2 amide bonds. The number of carbonyl (C=O) groups excluding carboxylic acids is 2. The number of benzene rings is 2. The molecule has 0 aliphatic carbocycles. The van der Waals surface area contributed by atoms with Gasteiger partial charge in [0.2, 0.25) is 0 Å². The first-order chi connectivity index (χ1) is 14.8. The first-order valence-electron chi connectivity index (χ1n) is 11.0. The average Bonchev–Trinajstić information content (AvgIpc) is 3.01. The number of amides is 2. The predicted molar refractivity (Wildman–Crippen MR) is 123 cm³/mol. The van der Waals surface area contributed by atoms with E-state index < -0.39 is 0 Å². The van der Waals surface area contributed by atoms with Crippen LogP contribution in [0.5, 0.6) is 5.75 Å². The van der Waals surface area contributed by atoms with Gasteiger partial charge in [0.15, 0.2) is 0 Å². The van der Waals surface area contributed by atoms with Gasteiger partial charge in [-0.15, -0.1) is 0 Å². The summed E-state index contributed by atoms with van der Waals surface area (Å²) in [6.45, 7) is 11.8. The van der Waals surface area contributed by atoms with Crippen molar-refractivity contribution in [1.82, 2.24) is 9.80 Å². The smallest absolute Gasteiger partial charge is 0.278 e. The van der Waals surface area contributed by atoms with E-state index >= 15 is 0 Å². The summed E-state index contributed by atoms with van der Waals surface area (Å²) in [6.07, 6.45) is 0. The molecule has 0 radical (unpaired) electrons. The van der Waals surface area contributed by atoms with E-state index in [-0.39, 0.29) is 17.9 Å². The van der Waals surface area contributed by atoms with Gasteiger partial charge in [0.1, 0.15) is 11.4 Å². The van der Waals surface area contributed by atoms with Crippen molar-refractivity contribution in [3.8, 4) is 5.75 Å². The fourth-order valence-corrected chi connectivity index (χ4v) is 3.69. The van der Waals surface area contributed by atoms with Gasteiger partial charge in [-0.05, 0) is 49.9 Å². The van der Waals surface area contributed by atoms with Gasteiger partial charge in [-0.2, -0.15) is 0 Å². The zero-order valence-corrected chi connectivity index (χ0v) is 19.1. The standard InChI is InChI=1S/C26H32N2O3/c1-6-27(16-20-10-8-7-9-11-20)24-23(25(29)28(19(4)5)26(24)30)21-12-14-22(15-13-21)31-17-18(2)3/h7-15,18-19H,6,16-17H2,1-5H3. The van der Waals surface area contributed by atoms with Crippen LogP contribution in [-0.2, 0) is 16.1 Å². The van der Waals surface area contributed by atoms with Crippen LogP contribution in [0.1, 0.15) is 45.7 Å². The summed E-state index contributed by atoms with van der Waals surface area (Å²) in [4.78, 5) is 30.0. The number of nitrogens with zero attached hydrogens (tertiary/aromatic N) is 2. The van der Waals surface area contributed by atoms with Crippen LogP contribution in [0.2, 0.25) is 0 Å². The molecule has 0 spiro atoms. The Morgan fingerprint density at radius 3 is 2.10 bits per heavy atom. The highest BCUT2D eigenvalue weighted by Crippen LogP contribution is 2.34. The molecule has 5 heteroatoms. The van der Waals surface area contributed by atoms with E-state index in [1.807, 2.05) is 80.3 Å². The van der Waals surface area contributed by atoms with Crippen LogP contribution in [0.4, 0.5) is 0 Å². The van der Waals surface area contributed by atoms with E-state index in [4.69, 9.17) is 4.74 Å². The fraction of sp³-hybridized carbons (Fsp3) is 0.385. The Morgan fingerprint density at radius 1 is 0.903 bits per heavy atom. The number of likely N-dealkylation sites (N-methyl/N-ethyl adjacent to an activating group) is 1. The molecule has 2 aromatic carbocycles. The average molecular weight is 421 g/mol. The molecule has 1 heterocycles. The molecule has 2 aromatic rings. The maximum absolute atomic E-state index is 13.4. The molecule has 0 aromatic heterocycles. The number of ether oxygens (including phenoxy) is 1. The van der Waals surface area contributed by atoms with Crippen molar-refractivity contribution in [1.29, 1.82) is 0 Å². The molecule has 0 atom stereocenters. The molecule has 0 N–H and O–H groups in total. The second-order valence-corrected chi connectivity index (χ2v) is 8.53. The van der Waals surface area contributed by atoms with Crippen LogP contribution >= 0.6 is 0 Å². The molecule has 1 aliphatic heterocycles. The van der Waals surface area contributed by atoms with Crippen molar-refractivity contribution >= 4 is 17.4 Å². The lowest BCUT2D eigenvalue weighted by Gasteiger charge is -2.25. The second kappa shape index (κ2) is 9.82. The zero-order chi connectivity index (χ0) is 22.5. The topological polar surface area (TPSA) is 49.9 Å². The normalized spacial score (nSPS) is 14.2. The van der Waals surface area contributed by atoms with Crippen molar-refractivity contribution in [3.05, 3.63) is 71.4 Å². The van der Waals surface area contributed by atoms with Gasteiger partial charge in [-0.3, -0.25) is 14.5 Å². The van der Waals surface area contributed by atoms with Crippen LogP contribution in [0.25, 0.3) is 5.57 Å². The van der Waals surface area contributed by atoms with Gasteiger partial charge in [0.25, 0.3) is 11.8 Å². The molecule has 0 saturated heterocycles. The first kappa shape index (κ1) is 22.6. The van der Waals surface area contributed by atoms with E-state index in [0.29, 0.717) is 36.9 Å². The summed E-state index contributed by atoms with van der Waals surface area (Å²) in [7, 11) is 0. The number of hydrogen-bond donors (Lipinski definition) is 0. The van der Waals surface area contributed by atoms with Crippen LogP contribution in [0, 0.1) is 5.92 Å². The quantitative estimate of drug-likeness (QED) is 0.550. The van der Waals surface area contributed by atoms with Crippen molar-refractivity contribution in [3.63, 3.8) is 0 Å². The van der Waals surface area contributed by atoms with Crippen molar-refractivity contribution in [2.45, 2.75) is 47.2 Å². The minimum Gasteiger partial charge on any atom is -0.493 e. The van der Waals surface area contributed by atoms with E-state index in [2.05, 4.69) is 13.8 Å². The van der Waals surface area contributed by atoms with Gasteiger partial charge in [0.05, 0.1) is 12.2 Å². The first-order valence-corrected chi connectivity index (χ1v) is 11.0. The minimum atomic E-state index is -0.239. The lowest BCUT2D eigenvalue weighted by atomic mass is 10.0. The lowest BCUT2D eigenvalue weighted by Crippen LogP contribution is -2.39. The Hall–Kier alpha value is -3.08. The van der Waals surface area contributed by atoms with Gasteiger partial charge < -0.3 is 9.64 Å². The number of carbonyl (C=O) groups is 2. The fourth-order valence-electron chi connectivity index (χ4n) is 3.69. The van der Waals surface area contributed by atoms with E-state index in [9.17, 15) is 9.59 Å². The highest BCUT2D eigenvalue weighted by molar-refractivity contribution is 6.35. The van der Waals surface area contributed by atoms with Gasteiger partial charge in [-0.25, -0.2) is 0 Å². The molecule has 5 nitrogen and oxygen atoms in total. The Bertz CT molecular complexity index is 946. The van der Waals surface area contributed by atoms with Crippen molar-refractivity contribution in [2.24, 2.45) is 5.92 Å². The lowest BCUT2D eigenvalue weighted by molar-refractivity contribution is -0.139. The van der Waals surface area contributed by atoms with E-state index in [1.54, 1.807) is 0 Å². The Morgan fingerprint density at radius 2 is 1.55 bits per heavy atom. The van der Waals surface area contributed by atoms with E-state index in [1.165, 1.54) is 4.90 Å². The molecular weight excluding hydrogens is 388 g/mol. The van der Waals surface area contributed by atoms with E-state index in [0.717, 1.165) is 16.9 Å². The van der Waals surface area contributed by atoms with Crippen molar-refractivity contribution in [2.75, 3.05) is 13.2 Å². The number of imide groups is 1. The molecular formula is C26H32N2O3. The summed E-state index contributed by atoms with van der Waals surface area (Å²) < 4.78 is 5.78.